The maximum Gasteiger partial charge on any atom is 0.236 e. The van der Waals surface area contributed by atoms with E-state index in [1.807, 2.05) is 17.3 Å². The predicted molar refractivity (Wildman–Crippen MR) is 127 cm³/mol. The van der Waals surface area contributed by atoms with Crippen molar-refractivity contribution in [2.75, 3.05) is 26.2 Å². The molecule has 2 aliphatic rings. The van der Waals surface area contributed by atoms with Crippen LogP contribution in [0.5, 0.6) is 5.75 Å². The van der Waals surface area contributed by atoms with Gasteiger partial charge >= 0.3 is 0 Å². The molecule has 0 spiro atoms. The topological polar surface area (TPSA) is 45.7 Å². The van der Waals surface area contributed by atoms with Crippen molar-refractivity contribution in [3.05, 3.63) is 81.8 Å². The van der Waals surface area contributed by atoms with Crippen LogP contribution in [0.15, 0.2) is 59.6 Å². The molecule has 6 heteroatoms. The lowest BCUT2D eigenvalue weighted by Gasteiger charge is -2.34. The third-order valence-electron chi connectivity index (χ3n) is 6.60. The Hall–Kier alpha value is -2.70. The van der Waals surface area contributed by atoms with E-state index in [0.29, 0.717) is 19.0 Å². The first kappa shape index (κ1) is 21.2. The van der Waals surface area contributed by atoms with E-state index in [9.17, 15) is 4.79 Å². The van der Waals surface area contributed by atoms with Crippen LogP contribution in [0.3, 0.4) is 0 Å². The summed E-state index contributed by atoms with van der Waals surface area (Å²) in [4.78, 5) is 21.6. The number of hydrogen-bond acceptors (Lipinski definition) is 5. The Morgan fingerprint density at radius 3 is 2.69 bits per heavy atom. The number of pyridine rings is 1. The number of fused-ring (bicyclic) bond motifs is 1. The van der Waals surface area contributed by atoms with Crippen molar-refractivity contribution in [3.8, 4) is 5.75 Å². The molecule has 0 N–H and O–H groups in total. The van der Waals surface area contributed by atoms with Crippen LogP contribution in [0.1, 0.15) is 47.1 Å². The van der Waals surface area contributed by atoms with Gasteiger partial charge in [-0.15, -0.1) is 0 Å². The molecular formula is C26H29N3O2S. The second-order valence-electron chi connectivity index (χ2n) is 8.88. The van der Waals surface area contributed by atoms with Gasteiger partial charge < -0.3 is 9.64 Å². The molecule has 2 aliphatic heterocycles. The highest BCUT2D eigenvalue weighted by Crippen LogP contribution is 2.33. The van der Waals surface area contributed by atoms with Crippen molar-refractivity contribution in [1.29, 1.82) is 0 Å². The van der Waals surface area contributed by atoms with Crippen LogP contribution >= 0.6 is 11.3 Å². The van der Waals surface area contributed by atoms with E-state index in [1.54, 1.807) is 11.3 Å². The highest BCUT2D eigenvalue weighted by molar-refractivity contribution is 7.07. The fourth-order valence-corrected chi connectivity index (χ4v) is 5.52. The number of likely N-dealkylation sites (tertiary alicyclic amines) is 1. The summed E-state index contributed by atoms with van der Waals surface area (Å²) < 4.78 is 6.41. The number of carbonyl (C=O) groups is 1. The van der Waals surface area contributed by atoms with Crippen molar-refractivity contribution in [2.45, 2.75) is 38.3 Å². The number of ether oxygens (including phenoxy) is 1. The van der Waals surface area contributed by atoms with Crippen LogP contribution in [-0.2, 0) is 11.3 Å². The zero-order valence-corrected chi connectivity index (χ0v) is 19.3. The van der Waals surface area contributed by atoms with Crippen molar-refractivity contribution < 1.29 is 9.53 Å². The summed E-state index contributed by atoms with van der Waals surface area (Å²) in [7, 11) is 0. The van der Waals surface area contributed by atoms with Gasteiger partial charge in [0.2, 0.25) is 5.91 Å². The summed E-state index contributed by atoms with van der Waals surface area (Å²) >= 11 is 1.68. The average molecular weight is 448 g/mol. The van der Waals surface area contributed by atoms with Gasteiger partial charge in [0, 0.05) is 49.7 Å². The first-order chi connectivity index (χ1) is 15.7. The zero-order valence-electron chi connectivity index (χ0n) is 18.4. The lowest BCUT2D eigenvalue weighted by atomic mass is 9.90. The van der Waals surface area contributed by atoms with Crippen LogP contribution in [0, 0.1) is 6.92 Å². The maximum absolute atomic E-state index is 13.2. The van der Waals surface area contributed by atoms with E-state index in [2.05, 4.69) is 64.0 Å². The summed E-state index contributed by atoms with van der Waals surface area (Å²) in [5.74, 6) is 1.67. The van der Waals surface area contributed by atoms with Crippen LogP contribution < -0.4 is 4.74 Å². The first-order valence-electron chi connectivity index (χ1n) is 11.3. The Morgan fingerprint density at radius 1 is 1.12 bits per heavy atom. The third-order valence-corrected chi connectivity index (χ3v) is 7.30. The SMILES string of the molecule is Cc1ccc2c(c1)CN(CC(=O)N1CCC(c3ccncc3)CC1)C[C@@H](c1ccsc1)O2. The second kappa shape index (κ2) is 9.43. The number of hydrogen-bond donors (Lipinski definition) is 0. The molecule has 5 rings (SSSR count). The Bertz CT molecular complexity index is 1050. The summed E-state index contributed by atoms with van der Waals surface area (Å²) in [5, 5.41) is 4.23. The third kappa shape index (κ3) is 4.71. The van der Waals surface area contributed by atoms with Crippen molar-refractivity contribution in [2.24, 2.45) is 0 Å². The predicted octanol–water partition coefficient (Wildman–Crippen LogP) is 4.79. The number of rotatable bonds is 4. The molecule has 166 valence electrons. The van der Waals surface area contributed by atoms with Crippen molar-refractivity contribution in [1.82, 2.24) is 14.8 Å². The molecule has 1 aromatic carbocycles. The molecule has 3 aromatic rings. The minimum atomic E-state index is -0.0598. The van der Waals surface area contributed by atoms with Gasteiger partial charge in [-0.2, -0.15) is 11.3 Å². The molecule has 32 heavy (non-hydrogen) atoms. The molecule has 4 heterocycles. The number of aromatic nitrogens is 1. The molecule has 5 nitrogen and oxygen atoms in total. The molecule has 2 aromatic heterocycles. The Kier molecular flexibility index (Phi) is 6.23. The summed E-state index contributed by atoms with van der Waals surface area (Å²) in [6.45, 7) is 5.61. The van der Waals surface area contributed by atoms with Gasteiger partial charge in [-0.3, -0.25) is 14.7 Å². The van der Waals surface area contributed by atoms with Crippen LogP contribution in [-0.4, -0.2) is 46.9 Å². The number of benzene rings is 1. The van der Waals surface area contributed by atoms with E-state index < -0.39 is 0 Å². The number of thiophene rings is 1. The molecule has 0 radical (unpaired) electrons. The molecule has 0 unspecified atom stereocenters. The monoisotopic (exact) mass is 447 g/mol. The van der Waals surface area contributed by atoms with Gasteiger partial charge in [-0.05, 0) is 66.3 Å². The number of piperidine rings is 1. The van der Waals surface area contributed by atoms with Crippen molar-refractivity contribution >= 4 is 17.2 Å². The smallest absolute Gasteiger partial charge is 0.236 e. The highest BCUT2D eigenvalue weighted by atomic mass is 32.1. The van der Waals surface area contributed by atoms with E-state index in [0.717, 1.165) is 43.8 Å². The van der Waals surface area contributed by atoms with Crippen LogP contribution in [0.25, 0.3) is 0 Å². The fourth-order valence-electron chi connectivity index (χ4n) is 4.82. The van der Waals surface area contributed by atoms with Gasteiger partial charge in [0.05, 0.1) is 6.54 Å². The van der Waals surface area contributed by atoms with Crippen LogP contribution in [0.2, 0.25) is 0 Å². The molecular weight excluding hydrogens is 418 g/mol. The number of aryl methyl sites for hydroxylation is 1. The van der Waals surface area contributed by atoms with E-state index in [1.165, 1.54) is 16.7 Å². The van der Waals surface area contributed by atoms with E-state index >= 15 is 0 Å². The molecule has 0 saturated carbocycles. The van der Waals surface area contributed by atoms with Gasteiger partial charge in [-0.1, -0.05) is 17.7 Å². The normalized spacial score (nSPS) is 19.8. The van der Waals surface area contributed by atoms with Gasteiger partial charge in [0.1, 0.15) is 11.9 Å². The molecule has 1 atom stereocenters. The van der Waals surface area contributed by atoms with E-state index in [-0.39, 0.29) is 12.0 Å². The molecule has 1 saturated heterocycles. The van der Waals surface area contributed by atoms with Crippen LogP contribution in [0.4, 0.5) is 0 Å². The summed E-state index contributed by atoms with van der Waals surface area (Å²) in [5.41, 5.74) is 4.89. The highest BCUT2D eigenvalue weighted by Gasteiger charge is 2.29. The quantitative estimate of drug-likeness (QED) is 0.577. The maximum atomic E-state index is 13.2. The molecule has 1 fully saturated rings. The largest absolute Gasteiger partial charge is 0.484 e. The number of amides is 1. The van der Waals surface area contributed by atoms with Gasteiger partial charge in [-0.25, -0.2) is 0 Å². The fraction of sp³-hybridized carbons (Fsp3) is 0.385. The summed E-state index contributed by atoms with van der Waals surface area (Å²) in [6.07, 6.45) is 5.68. The Balaban J connectivity index is 1.27. The zero-order chi connectivity index (χ0) is 21.9. The number of nitrogens with zero attached hydrogens (tertiary/aromatic N) is 3. The molecule has 1 amide bonds. The minimum absolute atomic E-state index is 0.0598. The standard InChI is InChI=1S/C26H29N3O2S/c1-19-2-3-24-23(14-19)15-28(16-25(31-24)22-8-13-32-18-22)17-26(30)29-11-6-21(7-12-29)20-4-9-27-10-5-20/h2-5,8-10,13-14,18,21,25H,6-7,11-12,15-17H2,1H3/t25-/m0/s1. The van der Waals surface area contributed by atoms with Crippen molar-refractivity contribution in [3.63, 3.8) is 0 Å². The van der Waals surface area contributed by atoms with Gasteiger partial charge in [0.25, 0.3) is 0 Å². The average Bonchev–Trinajstić information content (AvgIpc) is 3.30. The lowest BCUT2D eigenvalue weighted by Crippen LogP contribution is -2.44. The van der Waals surface area contributed by atoms with E-state index in [4.69, 9.17) is 4.74 Å². The number of carbonyl (C=O) groups excluding carboxylic acids is 1. The van der Waals surface area contributed by atoms with Gasteiger partial charge in [0.15, 0.2) is 0 Å². The lowest BCUT2D eigenvalue weighted by molar-refractivity contribution is -0.133. The Morgan fingerprint density at radius 2 is 1.94 bits per heavy atom. The molecule has 0 bridgehead atoms. The molecule has 0 aliphatic carbocycles. The second-order valence-corrected chi connectivity index (χ2v) is 9.66. The Labute approximate surface area is 193 Å². The first-order valence-corrected chi connectivity index (χ1v) is 12.3. The minimum Gasteiger partial charge on any atom is -0.484 e. The summed E-state index contributed by atoms with van der Waals surface area (Å²) in [6, 6.07) is 12.7.